The Balaban J connectivity index is 1.57. The summed E-state index contributed by atoms with van der Waals surface area (Å²) in [5.41, 5.74) is 3.60. The van der Waals surface area contributed by atoms with Gasteiger partial charge in [-0.3, -0.25) is 0 Å². The van der Waals surface area contributed by atoms with Gasteiger partial charge in [-0.25, -0.2) is 9.98 Å². The third-order valence-electron chi connectivity index (χ3n) is 4.90. The lowest BCUT2D eigenvalue weighted by Crippen LogP contribution is -2.45. The second-order valence-corrected chi connectivity index (χ2v) is 7.72. The van der Waals surface area contributed by atoms with Gasteiger partial charge in [0.1, 0.15) is 5.82 Å². The number of guanidine groups is 1. The molecule has 1 aromatic carbocycles. The maximum atomic E-state index is 5.81. The SMILES string of the molecule is CCNC(=NCc1ccc(N2CC(C)OC(C)C2)nc1)NCc1ccc(C)cc1. The van der Waals surface area contributed by atoms with Crippen molar-refractivity contribution >= 4 is 11.8 Å². The molecule has 6 heteroatoms. The van der Waals surface area contributed by atoms with E-state index < -0.39 is 0 Å². The van der Waals surface area contributed by atoms with E-state index in [1.807, 2.05) is 6.20 Å². The molecule has 3 rings (SSSR count). The first-order valence-electron chi connectivity index (χ1n) is 10.5. The van der Waals surface area contributed by atoms with Crippen LogP contribution in [0, 0.1) is 6.92 Å². The maximum Gasteiger partial charge on any atom is 0.191 e. The minimum absolute atomic E-state index is 0.229. The number of aryl methyl sites for hydroxylation is 1. The summed E-state index contributed by atoms with van der Waals surface area (Å²) < 4.78 is 5.81. The Morgan fingerprint density at radius 3 is 2.38 bits per heavy atom. The molecule has 0 bridgehead atoms. The standard InChI is InChI=1S/C23H33N5O/c1-5-24-23(26-12-20-8-6-17(2)7-9-20)27-14-21-10-11-22(25-13-21)28-15-18(3)29-19(4)16-28/h6-11,13,18-19H,5,12,14-16H2,1-4H3,(H2,24,26,27). The number of nitrogens with one attached hydrogen (secondary N) is 2. The highest BCUT2D eigenvalue weighted by Crippen LogP contribution is 2.18. The number of pyridine rings is 1. The molecular weight excluding hydrogens is 362 g/mol. The van der Waals surface area contributed by atoms with Gasteiger partial charge >= 0.3 is 0 Å². The first-order valence-corrected chi connectivity index (χ1v) is 10.5. The zero-order valence-corrected chi connectivity index (χ0v) is 18.0. The molecule has 1 aliphatic heterocycles. The van der Waals surface area contributed by atoms with E-state index in [4.69, 9.17) is 9.73 Å². The number of nitrogens with zero attached hydrogens (tertiary/aromatic N) is 3. The molecular formula is C23H33N5O. The average Bonchev–Trinajstić information content (AvgIpc) is 2.71. The third kappa shape index (κ3) is 6.46. The molecule has 0 aliphatic carbocycles. The van der Waals surface area contributed by atoms with Crippen LogP contribution in [0.15, 0.2) is 47.6 Å². The molecule has 29 heavy (non-hydrogen) atoms. The summed E-state index contributed by atoms with van der Waals surface area (Å²) >= 11 is 0. The van der Waals surface area contributed by atoms with Crippen molar-refractivity contribution < 1.29 is 4.74 Å². The van der Waals surface area contributed by atoms with Gasteiger partial charge in [-0.2, -0.15) is 0 Å². The van der Waals surface area contributed by atoms with E-state index in [1.54, 1.807) is 0 Å². The normalized spacial score (nSPS) is 19.9. The smallest absolute Gasteiger partial charge is 0.191 e. The van der Waals surface area contributed by atoms with E-state index in [2.05, 4.69) is 84.6 Å². The lowest BCUT2D eigenvalue weighted by atomic mass is 10.1. The Kier molecular flexibility index (Phi) is 7.47. The predicted molar refractivity (Wildman–Crippen MR) is 119 cm³/mol. The monoisotopic (exact) mass is 395 g/mol. The van der Waals surface area contributed by atoms with Crippen LogP contribution < -0.4 is 15.5 Å². The highest BCUT2D eigenvalue weighted by Gasteiger charge is 2.22. The Labute approximate surface area is 174 Å². The van der Waals surface area contributed by atoms with E-state index in [0.29, 0.717) is 6.54 Å². The van der Waals surface area contributed by atoms with Gasteiger partial charge < -0.3 is 20.3 Å². The van der Waals surface area contributed by atoms with E-state index in [9.17, 15) is 0 Å². The summed E-state index contributed by atoms with van der Waals surface area (Å²) in [5, 5.41) is 6.70. The van der Waals surface area contributed by atoms with Crippen molar-refractivity contribution in [2.24, 2.45) is 4.99 Å². The Morgan fingerprint density at radius 1 is 1.07 bits per heavy atom. The number of ether oxygens (including phenoxy) is 1. The number of benzene rings is 1. The minimum atomic E-state index is 0.229. The van der Waals surface area contributed by atoms with Crippen molar-refractivity contribution in [1.29, 1.82) is 0 Å². The van der Waals surface area contributed by atoms with Crippen LogP contribution in [0.1, 0.15) is 37.5 Å². The molecule has 0 radical (unpaired) electrons. The van der Waals surface area contributed by atoms with Gasteiger partial charge in [-0.1, -0.05) is 35.9 Å². The van der Waals surface area contributed by atoms with E-state index in [-0.39, 0.29) is 12.2 Å². The van der Waals surface area contributed by atoms with Gasteiger partial charge in [-0.05, 0) is 44.9 Å². The number of anilines is 1. The van der Waals surface area contributed by atoms with Crippen molar-refractivity contribution in [2.45, 2.75) is 53.0 Å². The molecule has 2 heterocycles. The fourth-order valence-corrected chi connectivity index (χ4v) is 3.47. The molecule has 1 saturated heterocycles. The van der Waals surface area contributed by atoms with Gasteiger partial charge in [0.05, 0.1) is 18.8 Å². The van der Waals surface area contributed by atoms with Crippen LogP contribution in [0.3, 0.4) is 0 Å². The highest BCUT2D eigenvalue weighted by atomic mass is 16.5. The molecule has 0 amide bonds. The van der Waals surface area contributed by atoms with Crippen molar-refractivity contribution in [3.05, 3.63) is 59.3 Å². The van der Waals surface area contributed by atoms with Crippen molar-refractivity contribution in [3.63, 3.8) is 0 Å². The largest absolute Gasteiger partial charge is 0.372 e. The van der Waals surface area contributed by atoms with Crippen molar-refractivity contribution in [1.82, 2.24) is 15.6 Å². The molecule has 1 aromatic heterocycles. The molecule has 2 unspecified atom stereocenters. The second kappa shape index (κ2) is 10.3. The van der Waals surface area contributed by atoms with Crippen LogP contribution in [0.25, 0.3) is 0 Å². The summed E-state index contributed by atoms with van der Waals surface area (Å²) in [6.45, 7) is 12.3. The van der Waals surface area contributed by atoms with Gasteiger partial charge in [-0.15, -0.1) is 0 Å². The summed E-state index contributed by atoms with van der Waals surface area (Å²) in [6, 6.07) is 12.7. The lowest BCUT2D eigenvalue weighted by molar-refractivity contribution is -0.00545. The first kappa shape index (κ1) is 21.1. The van der Waals surface area contributed by atoms with Gasteiger partial charge in [0.2, 0.25) is 0 Å². The van der Waals surface area contributed by atoms with Gasteiger partial charge in [0.25, 0.3) is 0 Å². The fourth-order valence-electron chi connectivity index (χ4n) is 3.47. The fraction of sp³-hybridized carbons (Fsp3) is 0.478. The molecule has 1 fully saturated rings. The molecule has 156 valence electrons. The third-order valence-corrected chi connectivity index (χ3v) is 4.90. The number of aliphatic imine (C=N–C) groups is 1. The van der Waals surface area contributed by atoms with E-state index in [0.717, 1.165) is 43.5 Å². The molecule has 0 spiro atoms. The molecule has 6 nitrogen and oxygen atoms in total. The van der Waals surface area contributed by atoms with Crippen LogP contribution >= 0.6 is 0 Å². The Bertz CT molecular complexity index is 778. The minimum Gasteiger partial charge on any atom is -0.372 e. The van der Waals surface area contributed by atoms with Gasteiger partial charge in [0, 0.05) is 32.4 Å². The number of aromatic nitrogens is 1. The number of hydrogen-bond donors (Lipinski definition) is 2. The van der Waals surface area contributed by atoms with Crippen LogP contribution in [-0.2, 0) is 17.8 Å². The Morgan fingerprint density at radius 2 is 1.76 bits per heavy atom. The van der Waals surface area contributed by atoms with Crippen LogP contribution in [0.2, 0.25) is 0 Å². The van der Waals surface area contributed by atoms with Crippen molar-refractivity contribution in [2.75, 3.05) is 24.5 Å². The summed E-state index contributed by atoms with van der Waals surface area (Å²) in [5.74, 6) is 1.82. The summed E-state index contributed by atoms with van der Waals surface area (Å²) in [4.78, 5) is 11.7. The van der Waals surface area contributed by atoms with Crippen LogP contribution in [-0.4, -0.2) is 42.8 Å². The predicted octanol–water partition coefficient (Wildman–Crippen LogP) is 3.26. The first-order chi connectivity index (χ1) is 14.0. The number of hydrogen-bond acceptors (Lipinski definition) is 4. The molecule has 2 N–H and O–H groups in total. The maximum absolute atomic E-state index is 5.81. The summed E-state index contributed by atoms with van der Waals surface area (Å²) in [7, 11) is 0. The number of rotatable bonds is 6. The molecule has 2 atom stereocenters. The summed E-state index contributed by atoms with van der Waals surface area (Å²) in [6.07, 6.45) is 2.38. The zero-order chi connectivity index (χ0) is 20.6. The molecule has 2 aromatic rings. The van der Waals surface area contributed by atoms with E-state index >= 15 is 0 Å². The highest BCUT2D eigenvalue weighted by molar-refractivity contribution is 5.79. The quantitative estimate of drug-likeness (QED) is 0.581. The zero-order valence-electron chi connectivity index (χ0n) is 18.0. The lowest BCUT2D eigenvalue weighted by Gasteiger charge is -2.36. The molecule has 0 saturated carbocycles. The van der Waals surface area contributed by atoms with Gasteiger partial charge in [0.15, 0.2) is 5.96 Å². The topological polar surface area (TPSA) is 61.8 Å². The average molecular weight is 396 g/mol. The number of morpholine rings is 1. The van der Waals surface area contributed by atoms with Crippen LogP contribution in [0.4, 0.5) is 5.82 Å². The van der Waals surface area contributed by atoms with Crippen molar-refractivity contribution in [3.8, 4) is 0 Å². The Hall–Kier alpha value is -2.60. The van der Waals surface area contributed by atoms with E-state index in [1.165, 1.54) is 11.1 Å². The van der Waals surface area contributed by atoms with Crippen LogP contribution in [0.5, 0.6) is 0 Å². The second-order valence-electron chi connectivity index (χ2n) is 7.72. The molecule has 1 aliphatic rings.